The maximum atomic E-state index is 9.76. The van der Waals surface area contributed by atoms with Crippen molar-refractivity contribution in [3.05, 3.63) is 60.2 Å². The van der Waals surface area contributed by atoms with Crippen LogP contribution in [0.15, 0.2) is 54.6 Å². The maximum absolute atomic E-state index is 9.76. The minimum atomic E-state index is -0.447. The Morgan fingerprint density at radius 3 is 2.48 bits per heavy atom. The molecule has 0 saturated carbocycles. The first-order chi connectivity index (χ1) is 10.2. The second kappa shape index (κ2) is 7.93. The predicted molar refractivity (Wildman–Crippen MR) is 86.1 cm³/mol. The minimum absolute atomic E-state index is 0.369. The van der Waals surface area contributed by atoms with Crippen LogP contribution in [0.25, 0.3) is 11.1 Å². The summed E-state index contributed by atoms with van der Waals surface area (Å²) in [5.41, 5.74) is 3.68. The molecule has 0 radical (unpaired) electrons. The van der Waals surface area contributed by atoms with Crippen molar-refractivity contribution in [2.75, 3.05) is 27.3 Å². The number of aliphatic hydroxyl groups excluding tert-OH is 1. The van der Waals surface area contributed by atoms with Crippen molar-refractivity contribution in [3.8, 4) is 11.1 Å². The fourth-order valence-corrected chi connectivity index (χ4v) is 2.46. The van der Waals surface area contributed by atoms with Gasteiger partial charge in [-0.15, -0.1) is 0 Å². The fraction of sp³-hybridized carbons (Fsp3) is 0.333. The summed E-state index contributed by atoms with van der Waals surface area (Å²) in [5.74, 6) is 0. The Morgan fingerprint density at radius 2 is 1.76 bits per heavy atom. The average Bonchev–Trinajstić information content (AvgIpc) is 2.48. The molecule has 0 aliphatic carbocycles. The fourth-order valence-electron chi connectivity index (χ4n) is 2.46. The van der Waals surface area contributed by atoms with Crippen molar-refractivity contribution in [3.63, 3.8) is 0 Å². The summed E-state index contributed by atoms with van der Waals surface area (Å²) in [5, 5.41) is 9.76. The monoisotopic (exact) mass is 285 g/mol. The molecule has 2 aromatic rings. The molecule has 3 heteroatoms. The van der Waals surface area contributed by atoms with Gasteiger partial charge in [-0.25, -0.2) is 0 Å². The Bertz CT molecular complexity index is 542. The van der Waals surface area contributed by atoms with E-state index >= 15 is 0 Å². The lowest BCUT2D eigenvalue weighted by molar-refractivity contribution is 0.0419. The molecule has 0 saturated heterocycles. The zero-order valence-electron chi connectivity index (χ0n) is 12.7. The third-order valence-electron chi connectivity index (χ3n) is 3.37. The van der Waals surface area contributed by atoms with Gasteiger partial charge >= 0.3 is 0 Å². The third-order valence-corrected chi connectivity index (χ3v) is 3.37. The zero-order chi connectivity index (χ0) is 15.1. The Kier molecular flexibility index (Phi) is 5.93. The lowest BCUT2D eigenvalue weighted by Gasteiger charge is -2.20. The predicted octanol–water partition coefficient (Wildman–Crippen LogP) is 2.79. The summed E-state index contributed by atoms with van der Waals surface area (Å²) in [6, 6.07) is 18.9. The van der Waals surface area contributed by atoms with Crippen LogP contribution >= 0.6 is 0 Å². The van der Waals surface area contributed by atoms with E-state index in [0.717, 1.165) is 6.54 Å². The van der Waals surface area contributed by atoms with Crippen molar-refractivity contribution in [1.82, 2.24) is 4.90 Å². The van der Waals surface area contributed by atoms with Gasteiger partial charge in [-0.2, -0.15) is 0 Å². The van der Waals surface area contributed by atoms with Crippen LogP contribution in [0, 0.1) is 0 Å². The van der Waals surface area contributed by atoms with Crippen molar-refractivity contribution in [2.24, 2.45) is 0 Å². The summed E-state index contributed by atoms with van der Waals surface area (Å²) < 4.78 is 4.95. The highest BCUT2D eigenvalue weighted by Gasteiger charge is 2.08. The molecule has 0 amide bonds. The summed E-state index contributed by atoms with van der Waals surface area (Å²) in [7, 11) is 3.61. The van der Waals surface area contributed by atoms with Gasteiger partial charge in [0.2, 0.25) is 0 Å². The van der Waals surface area contributed by atoms with Gasteiger partial charge in [-0.3, -0.25) is 4.90 Å². The molecular formula is C18H23NO2. The van der Waals surface area contributed by atoms with Crippen LogP contribution in [0.5, 0.6) is 0 Å². The number of rotatable bonds is 7. The van der Waals surface area contributed by atoms with Gasteiger partial charge in [0.15, 0.2) is 0 Å². The van der Waals surface area contributed by atoms with Crippen molar-refractivity contribution >= 4 is 0 Å². The smallest absolute Gasteiger partial charge is 0.0900 e. The van der Waals surface area contributed by atoms with E-state index in [4.69, 9.17) is 4.74 Å². The number of hydrogen-bond donors (Lipinski definition) is 1. The van der Waals surface area contributed by atoms with Gasteiger partial charge in [0.05, 0.1) is 12.7 Å². The molecule has 0 aliphatic heterocycles. The number of benzene rings is 2. The van der Waals surface area contributed by atoms with Crippen molar-refractivity contribution in [1.29, 1.82) is 0 Å². The lowest BCUT2D eigenvalue weighted by atomic mass is 10.0. The third kappa shape index (κ3) is 4.97. The molecule has 21 heavy (non-hydrogen) atoms. The van der Waals surface area contributed by atoms with Crippen LogP contribution in [0.4, 0.5) is 0 Å². The van der Waals surface area contributed by atoms with Crippen molar-refractivity contribution < 1.29 is 9.84 Å². The molecule has 0 aliphatic rings. The van der Waals surface area contributed by atoms with Gasteiger partial charge in [0, 0.05) is 20.2 Å². The number of aliphatic hydroxyl groups is 1. The Balaban J connectivity index is 2.01. The van der Waals surface area contributed by atoms with Crippen LogP contribution in [0.3, 0.4) is 0 Å². The lowest BCUT2D eigenvalue weighted by Crippen LogP contribution is -2.31. The standard InChI is InChI=1S/C18H23NO2/c1-19(13-18(20)14-21-2)12-15-7-6-10-17(11-15)16-8-4-3-5-9-16/h3-11,18,20H,12-14H2,1-2H3. The molecule has 0 bridgehead atoms. The Morgan fingerprint density at radius 1 is 1.05 bits per heavy atom. The molecule has 0 heterocycles. The molecule has 0 fully saturated rings. The highest BCUT2D eigenvalue weighted by atomic mass is 16.5. The van der Waals surface area contributed by atoms with E-state index < -0.39 is 6.10 Å². The van der Waals surface area contributed by atoms with Gasteiger partial charge in [0.1, 0.15) is 0 Å². The number of nitrogens with zero attached hydrogens (tertiary/aromatic N) is 1. The van der Waals surface area contributed by atoms with Crippen LogP contribution in [0.2, 0.25) is 0 Å². The summed E-state index contributed by atoms with van der Waals surface area (Å²) in [6.45, 7) is 1.78. The van der Waals surface area contributed by atoms with Crippen LogP contribution in [-0.2, 0) is 11.3 Å². The molecule has 1 N–H and O–H groups in total. The van der Waals surface area contributed by atoms with Gasteiger partial charge < -0.3 is 9.84 Å². The highest BCUT2D eigenvalue weighted by molar-refractivity contribution is 5.63. The Labute approximate surface area is 126 Å². The maximum Gasteiger partial charge on any atom is 0.0900 e. The summed E-state index contributed by atoms with van der Waals surface area (Å²) in [4.78, 5) is 2.10. The molecule has 0 spiro atoms. The second-order valence-electron chi connectivity index (χ2n) is 5.37. The van der Waals surface area contributed by atoms with E-state index in [1.807, 2.05) is 13.1 Å². The number of likely N-dealkylation sites (N-methyl/N-ethyl adjacent to an activating group) is 1. The first kappa shape index (κ1) is 15.7. The van der Waals surface area contributed by atoms with E-state index in [1.54, 1.807) is 7.11 Å². The van der Waals surface area contributed by atoms with E-state index in [2.05, 4.69) is 53.4 Å². The van der Waals surface area contributed by atoms with E-state index in [1.165, 1.54) is 16.7 Å². The molecular weight excluding hydrogens is 262 g/mol. The second-order valence-corrected chi connectivity index (χ2v) is 5.37. The first-order valence-corrected chi connectivity index (χ1v) is 7.19. The van der Waals surface area contributed by atoms with Gasteiger partial charge in [-0.1, -0.05) is 48.5 Å². The van der Waals surface area contributed by atoms with Crippen LogP contribution in [0.1, 0.15) is 5.56 Å². The molecule has 1 atom stereocenters. The molecule has 3 nitrogen and oxygen atoms in total. The van der Waals surface area contributed by atoms with Crippen LogP contribution in [-0.4, -0.2) is 43.4 Å². The molecule has 112 valence electrons. The quantitative estimate of drug-likeness (QED) is 0.849. The van der Waals surface area contributed by atoms with E-state index in [9.17, 15) is 5.11 Å². The molecule has 1 unspecified atom stereocenters. The average molecular weight is 285 g/mol. The number of ether oxygens (including phenoxy) is 1. The van der Waals surface area contributed by atoms with Gasteiger partial charge in [0.25, 0.3) is 0 Å². The van der Waals surface area contributed by atoms with E-state index in [0.29, 0.717) is 13.2 Å². The largest absolute Gasteiger partial charge is 0.389 e. The number of hydrogen-bond acceptors (Lipinski definition) is 3. The SMILES string of the molecule is COCC(O)CN(C)Cc1cccc(-c2ccccc2)c1. The van der Waals surface area contributed by atoms with E-state index in [-0.39, 0.29) is 0 Å². The highest BCUT2D eigenvalue weighted by Crippen LogP contribution is 2.20. The van der Waals surface area contributed by atoms with Gasteiger partial charge in [-0.05, 0) is 29.8 Å². The topological polar surface area (TPSA) is 32.7 Å². The number of methoxy groups -OCH3 is 1. The molecule has 2 aromatic carbocycles. The summed E-state index contributed by atoms with van der Waals surface area (Å²) >= 11 is 0. The first-order valence-electron chi connectivity index (χ1n) is 7.19. The van der Waals surface area contributed by atoms with Crippen molar-refractivity contribution in [2.45, 2.75) is 12.6 Å². The molecule has 0 aromatic heterocycles. The normalized spacial score (nSPS) is 12.6. The Hall–Kier alpha value is -1.68. The van der Waals surface area contributed by atoms with Crippen LogP contribution < -0.4 is 0 Å². The molecule has 2 rings (SSSR count). The minimum Gasteiger partial charge on any atom is -0.389 e. The zero-order valence-corrected chi connectivity index (χ0v) is 12.7. The summed E-state index contributed by atoms with van der Waals surface area (Å²) in [6.07, 6.45) is -0.447.